The van der Waals surface area contributed by atoms with Crippen LogP contribution >= 0.6 is 11.3 Å². The number of benzene rings is 1. The molecule has 2 aromatic heterocycles. The molecule has 20 heavy (non-hydrogen) atoms. The molecule has 102 valence electrons. The largest absolute Gasteiger partial charge is 0.361 e. The highest BCUT2D eigenvalue weighted by atomic mass is 32.1. The molecule has 1 unspecified atom stereocenters. The van der Waals surface area contributed by atoms with Crippen molar-refractivity contribution in [2.24, 2.45) is 0 Å². The molecule has 1 aliphatic carbocycles. The van der Waals surface area contributed by atoms with Crippen molar-refractivity contribution < 1.29 is 0 Å². The second-order valence-corrected chi connectivity index (χ2v) is 6.52. The van der Waals surface area contributed by atoms with E-state index < -0.39 is 0 Å². The van der Waals surface area contributed by atoms with E-state index in [1.165, 1.54) is 41.3 Å². The van der Waals surface area contributed by atoms with Crippen molar-refractivity contribution in [1.82, 2.24) is 10.3 Å². The summed E-state index contributed by atoms with van der Waals surface area (Å²) in [7, 11) is 0. The quantitative estimate of drug-likeness (QED) is 0.732. The molecule has 2 heterocycles. The summed E-state index contributed by atoms with van der Waals surface area (Å²) in [5.41, 5.74) is 4.11. The Bertz CT molecular complexity index is 725. The maximum atomic E-state index is 3.73. The van der Waals surface area contributed by atoms with Gasteiger partial charge < -0.3 is 10.3 Å². The van der Waals surface area contributed by atoms with Gasteiger partial charge >= 0.3 is 0 Å². The number of aromatic amines is 1. The van der Waals surface area contributed by atoms with Crippen LogP contribution in [0.25, 0.3) is 10.9 Å². The first-order chi connectivity index (χ1) is 9.90. The lowest BCUT2D eigenvalue weighted by molar-refractivity contribution is 0.463. The van der Waals surface area contributed by atoms with E-state index in [1.807, 2.05) is 17.5 Å². The van der Waals surface area contributed by atoms with Crippen LogP contribution in [0.15, 0.2) is 41.9 Å². The lowest BCUT2D eigenvalue weighted by atomic mass is 9.94. The van der Waals surface area contributed by atoms with Crippen LogP contribution < -0.4 is 5.32 Å². The van der Waals surface area contributed by atoms with Crippen LogP contribution in [-0.2, 0) is 13.0 Å². The Kier molecular flexibility index (Phi) is 3.09. The van der Waals surface area contributed by atoms with Gasteiger partial charge in [-0.05, 0) is 59.4 Å². The molecule has 3 aromatic rings. The minimum atomic E-state index is 0.532. The van der Waals surface area contributed by atoms with E-state index in [-0.39, 0.29) is 0 Å². The second-order valence-electron chi connectivity index (χ2n) is 5.52. The minimum absolute atomic E-state index is 0.532. The zero-order valence-corrected chi connectivity index (χ0v) is 12.2. The molecule has 2 N–H and O–H groups in total. The average Bonchev–Trinajstić information content (AvgIpc) is 3.13. The lowest BCUT2D eigenvalue weighted by Gasteiger charge is -2.23. The fourth-order valence-electron chi connectivity index (χ4n) is 3.14. The molecule has 1 aromatic carbocycles. The normalized spacial score (nSPS) is 18.3. The molecule has 0 aliphatic heterocycles. The van der Waals surface area contributed by atoms with Crippen molar-refractivity contribution >= 4 is 22.2 Å². The monoisotopic (exact) mass is 282 g/mol. The standard InChI is InChI=1S/C17H18N2S/c1-2-15(14-7-9-20-17(14)3-1)19-11-12-4-5-13-6-8-18-16(13)10-12/h4-10,15,18-19H,1-3,11H2. The van der Waals surface area contributed by atoms with Gasteiger partial charge in [0.25, 0.3) is 0 Å². The third-order valence-electron chi connectivity index (χ3n) is 4.22. The smallest absolute Gasteiger partial charge is 0.0457 e. The SMILES string of the molecule is c1cc2ccc(CNC3CCCc4sccc43)cc2[nH]1. The van der Waals surface area contributed by atoms with Gasteiger partial charge in [0, 0.05) is 29.2 Å². The highest BCUT2D eigenvalue weighted by Crippen LogP contribution is 2.33. The topological polar surface area (TPSA) is 27.8 Å². The summed E-state index contributed by atoms with van der Waals surface area (Å²) in [6.07, 6.45) is 5.83. The van der Waals surface area contributed by atoms with Crippen LogP contribution in [0.1, 0.15) is 34.9 Å². The maximum Gasteiger partial charge on any atom is 0.0457 e. The van der Waals surface area contributed by atoms with Crippen molar-refractivity contribution in [3.63, 3.8) is 0 Å². The first-order valence-corrected chi connectivity index (χ1v) is 8.14. The van der Waals surface area contributed by atoms with Crippen LogP contribution in [0.4, 0.5) is 0 Å². The molecule has 1 atom stereocenters. The third kappa shape index (κ3) is 2.17. The highest BCUT2D eigenvalue weighted by Gasteiger charge is 2.20. The number of hydrogen-bond donors (Lipinski definition) is 2. The van der Waals surface area contributed by atoms with E-state index in [1.54, 1.807) is 4.88 Å². The van der Waals surface area contributed by atoms with Gasteiger partial charge in [-0.3, -0.25) is 0 Å². The summed E-state index contributed by atoms with van der Waals surface area (Å²) >= 11 is 1.91. The Hall–Kier alpha value is -1.58. The molecule has 0 saturated carbocycles. The van der Waals surface area contributed by atoms with Crippen LogP contribution in [0.3, 0.4) is 0 Å². The lowest BCUT2D eigenvalue weighted by Crippen LogP contribution is -2.23. The van der Waals surface area contributed by atoms with Gasteiger partial charge in [-0.1, -0.05) is 12.1 Å². The fraction of sp³-hybridized carbons (Fsp3) is 0.294. The van der Waals surface area contributed by atoms with E-state index in [0.29, 0.717) is 6.04 Å². The molecule has 3 heteroatoms. The first kappa shape index (κ1) is 12.2. The van der Waals surface area contributed by atoms with Gasteiger partial charge in [0.15, 0.2) is 0 Å². The van der Waals surface area contributed by atoms with Gasteiger partial charge in [-0.2, -0.15) is 0 Å². The van der Waals surface area contributed by atoms with Gasteiger partial charge in [0.1, 0.15) is 0 Å². The zero-order valence-electron chi connectivity index (χ0n) is 11.4. The predicted octanol–water partition coefficient (Wildman–Crippen LogP) is 4.40. The van der Waals surface area contributed by atoms with Crippen molar-refractivity contribution in [1.29, 1.82) is 0 Å². The van der Waals surface area contributed by atoms with Gasteiger partial charge in [0.2, 0.25) is 0 Å². The van der Waals surface area contributed by atoms with Crippen LogP contribution in [0.5, 0.6) is 0 Å². The summed E-state index contributed by atoms with van der Waals surface area (Å²) < 4.78 is 0. The molecule has 0 radical (unpaired) electrons. The summed E-state index contributed by atoms with van der Waals surface area (Å²) in [5.74, 6) is 0. The summed E-state index contributed by atoms with van der Waals surface area (Å²) in [6.45, 7) is 0.939. The average molecular weight is 282 g/mol. The third-order valence-corrected chi connectivity index (χ3v) is 5.22. The summed E-state index contributed by atoms with van der Waals surface area (Å²) in [4.78, 5) is 4.86. The van der Waals surface area contributed by atoms with Crippen molar-refractivity contribution in [2.75, 3.05) is 0 Å². The minimum Gasteiger partial charge on any atom is -0.361 e. The Morgan fingerprint density at radius 3 is 3.25 bits per heavy atom. The van der Waals surface area contributed by atoms with Gasteiger partial charge in [0.05, 0.1) is 0 Å². The summed E-state index contributed by atoms with van der Waals surface area (Å²) in [5, 5.41) is 7.25. The molecule has 2 nitrogen and oxygen atoms in total. The van der Waals surface area contributed by atoms with Gasteiger partial charge in [-0.25, -0.2) is 0 Å². The van der Waals surface area contributed by atoms with E-state index >= 15 is 0 Å². The Labute approximate surface area is 122 Å². The van der Waals surface area contributed by atoms with E-state index in [0.717, 1.165) is 6.54 Å². The van der Waals surface area contributed by atoms with E-state index in [4.69, 9.17) is 0 Å². The van der Waals surface area contributed by atoms with Crippen molar-refractivity contribution in [2.45, 2.75) is 31.8 Å². The number of nitrogens with one attached hydrogen (secondary N) is 2. The summed E-state index contributed by atoms with van der Waals surface area (Å²) in [6, 6.07) is 11.6. The molecule has 4 rings (SSSR count). The van der Waals surface area contributed by atoms with Gasteiger partial charge in [-0.15, -0.1) is 11.3 Å². The number of thiophene rings is 1. The Morgan fingerprint density at radius 1 is 1.25 bits per heavy atom. The van der Waals surface area contributed by atoms with Crippen molar-refractivity contribution in [3.8, 4) is 0 Å². The Balaban J connectivity index is 1.51. The molecule has 0 spiro atoms. The number of rotatable bonds is 3. The number of fused-ring (bicyclic) bond motifs is 2. The van der Waals surface area contributed by atoms with Crippen LogP contribution in [0.2, 0.25) is 0 Å². The van der Waals surface area contributed by atoms with E-state index in [2.05, 4.69) is 46.0 Å². The molecule has 0 bridgehead atoms. The number of aryl methyl sites for hydroxylation is 1. The molecule has 0 amide bonds. The predicted molar refractivity (Wildman–Crippen MR) is 85.1 cm³/mol. The Morgan fingerprint density at radius 2 is 2.25 bits per heavy atom. The number of hydrogen-bond acceptors (Lipinski definition) is 2. The first-order valence-electron chi connectivity index (χ1n) is 7.26. The van der Waals surface area contributed by atoms with Crippen LogP contribution in [-0.4, -0.2) is 4.98 Å². The number of H-pyrrole nitrogens is 1. The molecule has 1 aliphatic rings. The van der Waals surface area contributed by atoms with E-state index in [9.17, 15) is 0 Å². The maximum absolute atomic E-state index is 3.73. The fourth-order valence-corrected chi connectivity index (χ4v) is 4.13. The van der Waals surface area contributed by atoms with Crippen LogP contribution in [0, 0.1) is 0 Å². The highest BCUT2D eigenvalue weighted by molar-refractivity contribution is 7.10. The molecular weight excluding hydrogens is 264 g/mol. The second kappa shape index (κ2) is 5.08. The molecular formula is C17H18N2S. The molecule has 0 saturated heterocycles. The molecule has 0 fully saturated rings. The van der Waals surface area contributed by atoms with Crippen molar-refractivity contribution in [3.05, 3.63) is 57.9 Å². The zero-order chi connectivity index (χ0) is 13.4. The number of aromatic nitrogens is 1.